The fraction of sp³-hybridized carbons (Fsp3) is 0.545. The van der Waals surface area contributed by atoms with Crippen LogP contribution in [0.1, 0.15) is 26.2 Å². The Morgan fingerprint density at radius 2 is 2.18 bits per heavy atom. The van der Waals surface area contributed by atoms with Crippen molar-refractivity contribution in [1.82, 2.24) is 0 Å². The van der Waals surface area contributed by atoms with Crippen molar-refractivity contribution >= 4 is 19.9 Å². The first-order valence-electron chi connectivity index (χ1n) is 5.18. The summed E-state index contributed by atoms with van der Waals surface area (Å²) in [4.78, 5) is 21.5. The average molecular weight is 258 g/mol. The molecule has 0 rings (SSSR count). The van der Waals surface area contributed by atoms with Gasteiger partial charge in [0.1, 0.15) is 0 Å². The molecule has 0 saturated heterocycles. The summed E-state index contributed by atoms with van der Waals surface area (Å²) >= 11 is 0. The van der Waals surface area contributed by atoms with E-state index in [2.05, 4.69) is 11.3 Å². The van der Waals surface area contributed by atoms with Gasteiger partial charge in [0.15, 0.2) is 0 Å². The number of hydrogen-bond acceptors (Lipinski definition) is 5. The standard InChI is InChI=1S/C11H15O5P/c1-3-10(12)16-9(2)6-4-5-7-15-11(13)8-17-14/h3,9H,1,4-7H2,2H3. The number of carbonyl (C=O) groups is 2. The number of unbranched alkanes of at least 4 members (excludes halogenated alkanes) is 1. The van der Waals surface area contributed by atoms with Crippen LogP contribution >= 0.6 is 7.92 Å². The second-order valence-electron chi connectivity index (χ2n) is 3.29. The van der Waals surface area contributed by atoms with E-state index in [9.17, 15) is 14.2 Å². The zero-order valence-electron chi connectivity index (χ0n) is 9.68. The van der Waals surface area contributed by atoms with Crippen LogP contribution in [-0.4, -0.2) is 24.6 Å². The van der Waals surface area contributed by atoms with Crippen molar-refractivity contribution in [2.45, 2.75) is 32.3 Å². The Hall–Kier alpha value is -1.31. The Morgan fingerprint density at radius 1 is 1.47 bits per heavy atom. The molecule has 6 heteroatoms. The van der Waals surface area contributed by atoms with Crippen molar-refractivity contribution in [1.29, 1.82) is 0 Å². The van der Waals surface area contributed by atoms with E-state index in [1.807, 2.05) is 5.63 Å². The van der Waals surface area contributed by atoms with Crippen molar-refractivity contribution < 1.29 is 23.6 Å². The molecule has 0 heterocycles. The van der Waals surface area contributed by atoms with Crippen LogP contribution in [0.15, 0.2) is 12.7 Å². The molecule has 17 heavy (non-hydrogen) atoms. The van der Waals surface area contributed by atoms with Crippen LogP contribution in [0, 0.1) is 5.63 Å². The van der Waals surface area contributed by atoms with Crippen LogP contribution in [0.25, 0.3) is 0 Å². The summed E-state index contributed by atoms with van der Waals surface area (Å²) in [5.41, 5.74) is 1.95. The van der Waals surface area contributed by atoms with Gasteiger partial charge in [0.05, 0.1) is 0 Å². The molecule has 0 N–H and O–H groups in total. The van der Waals surface area contributed by atoms with Gasteiger partial charge in [-0.1, -0.05) is 0 Å². The fourth-order valence-electron chi connectivity index (χ4n) is 1.07. The molecule has 0 spiro atoms. The second-order valence-corrected chi connectivity index (χ2v) is 3.69. The third-order valence-electron chi connectivity index (χ3n) is 1.86. The maximum atomic E-state index is 10.8. The minimum atomic E-state index is -0.715. The van der Waals surface area contributed by atoms with Gasteiger partial charge in [-0.05, 0) is 0 Å². The first kappa shape index (κ1) is 15.7. The topological polar surface area (TPSA) is 69.7 Å². The SMILES string of the molecule is C=CC(=O)OC(C)CCCCOC(=O)C#P=O. The van der Waals surface area contributed by atoms with Gasteiger partial charge >= 0.3 is 101 Å². The molecule has 0 saturated carbocycles. The molecule has 0 aromatic carbocycles. The molecular weight excluding hydrogens is 243 g/mol. The summed E-state index contributed by atoms with van der Waals surface area (Å²) in [6, 6.07) is 0. The quantitative estimate of drug-likeness (QED) is 0.302. The molecule has 0 aliphatic heterocycles. The number of ether oxygens (including phenoxy) is 2. The zero-order valence-corrected chi connectivity index (χ0v) is 10.6. The van der Waals surface area contributed by atoms with Gasteiger partial charge < -0.3 is 0 Å². The predicted molar refractivity (Wildman–Crippen MR) is 62.1 cm³/mol. The summed E-state index contributed by atoms with van der Waals surface area (Å²) in [5.74, 6) is -1.16. The summed E-state index contributed by atoms with van der Waals surface area (Å²) < 4.78 is 19.6. The fourth-order valence-corrected chi connectivity index (χ4v) is 1.21. The van der Waals surface area contributed by atoms with Gasteiger partial charge in [-0.3, -0.25) is 0 Å². The van der Waals surface area contributed by atoms with E-state index in [0.29, 0.717) is 12.8 Å². The van der Waals surface area contributed by atoms with Crippen LogP contribution in [0.4, 0.5) is 0 Å². The number of carbonyl (C=O) groups excluding carboxylic acids is 2. The van der Waals surface area contributed by atoms with Crippen molar-refractivity contribution in [2.24, 2.45) is 0 Å². The van der Waals surface area contributed by atoms with E-state index >= 15 is 0 Å². The van der Waals surface area contributed by atoms with Crippen LogP contribution in [0.2, 0.25) is 0 Å². The third-order valence-corrected chi connectivity index (χ3v) is 2.13. The van der Waals surface area contributed by atoms with E-state index in [-0.39, 0.29) is 12.7 Å². The van der Waals surface area contributed by atoms with Crippen molar-refractivity contribution in [3.8, 4) is 5.63 Å². The monoisotopic (exact) mass is 258 g/mol. The molecule has 1 unspecified atom stereocenters. The van der Waals surface area contributed by atoms with Gasteiger partial charge in [0.2, 0.25) is 0 Å². The van der Waals surface area contributed by atoms with Crippen LogP contribution in [0.5, 0.6) is 0 Å². The molecule has 0 aromatic heterocycles. The molecule has 0 fully saturated rings. The van der Waals surface area contributed by atoms with Gasteiger partial charge in [0, 0.05) is 0 Å². The molecule has 0 aliphatic rings. The number of rotatable bonds is 7. The van der Waals surface area contributed by atoms with Crippen LogP contribution in [0.3, 0.4) is 0 Å². The Balaban J connectivity index is 3.53. The molecule has 0 aliphatic carbocycles. The third kappa shape index (κ3) is 9.61. The minimum absolute atomic E-state index is 0.186. The van der Waals surface area contributed by atoms with E-state index in [0.717, 1.165) is 12.5 Å². The van der Waals surface area contributed by atoms with E-state index < -0.39 is 19.9 Å². The normalized spacial score (nSPS) is 10.9. The molecular formula is C11H15O5P. The van der Waals surface area contributed by atoms with Crippen LogP contribution in [-0.2, 0) is 23.6 Å². The molecule has 1 atom stereocenters. The summed E-state index contributed by atoms with van der Waals surface area (Å²) in [5, 5.41) is 0. The van der Waals surface area contributed by atoms with E-state index in [1.165, 1.54) is 0 Å². The molecule has 0 bridgehead atoms. The Labute approximate surface area is 101 Å². The summed E-state index contributed by atoms with van der Waals surface area (Å²) in [6.07, 6.45) is 3.03. The first-order valence-corrected chi connectivity index (χ1v) is 5.99. The Morgan fingerprint density at radius 3 is 2.76 bits per heavy atom. The first-order chi connectivity index (χ1) is 8.10. The van der Waals surface area contributed by atoms with Crippen LogP contribution < -0.4 is 0 Å². The van der Waals surface area contributed by atoms with E-state index in [1.54, 1.807) is 6.92 Å². The summed E-state index contributed by atoms with van der Waals surface area (Å²) in [7, 11) is -0.476. The number of esters is 2. The van der Waals surface area contributed by atoms with Gasteiger partial charge in [-0.2, -0.15) is 0 Å². The van der Waals surface area contributed by atoms with Crippen molar-refractivity contribution in [3.63, 3.8) is 0 Å². The Kier molecular flexibility index (Phi) is 9.12. The maximum absolute atomic E-state index is 10.8. The second kappa shape index (κ2) is 9.88. The van der Waals surface area contributed by atoms with Gasteiger partial charge in [-0.25, -0.2) is 0 Å². The molecule has 0 aromatic rings. The van der Waals surface area contributed by atoms with Crippen molar-refractivity contribution in [3.05, 3.63) is 12.7 Å². The van der Waals surface area contributed by atoms with Crippen molar-refractivity contribution in [2.75, 3.05) is 6.61 Å². The average Bonchev–Trinajstić information content (AvgIpc) is 2.28. The predicted octanol–water partition coefficient (Wildman–Crippen LogP) is 2.07. The molecule has 5 nitrogen and oxygen atoms in total. The van der Waals surface area contributed by atoms with E-state index in [4.69, 9.17) is 4.74 Å². The van der Waals surface area contributed by atoms with Gasteiger partial charge in [-0.15, -0.1) is 0 Å². The Bertz CT molecular complexity index is 370. The number of hydrogen-bond donors (Lipinski definition) is 0. The summed E-state index contributed by atoms with van der Waals surface area (Å²) in [6.45, 7) is 5.32. The zero-order chi connectivity index (χ0) is 13.1. The molecule has 0 amide bonds. The van der Waals surface area contributed by atoms with Gasteiger partial charge in [0.25, 0.3) is 0 Å². The molecule has 94 valence electrons. The molecule has 0 radical (unpaired) electrons.